The SMILES string of the molecule is Cc1cccc(CN(C(=O)C2CNCCC2NC(=O)c2ccc(F)cc2F)C2CC2)c1C.Cl. The van der Waals surface area contributed by atoms with Gasteiger partial charge in [0.2, 0.25) is 5.91 Å². The van der Waals surface area contributed by atoms with Crippen LogP contribution < -0.4 is 10.6 Å². The Balaban J connectivity index is 0.00000306. The molecular formula is C25H30ClF2N3O2. The fraction of sp³-hybridized carbons (Fsp3) is 0.440. The smallest absolute Gasteiger partial charge is 0.254 e. The normalized spacial score (nSPS) is 20.0. The lowest BCUT2D eigenvalue weighted by atomic mass is 9.91. The molecule has 5 nitrogen and oxygen atoms in total. The maximum Gasteiger partial charge on any atom is 0.254 e. The molecule has 2 N–H and O–H groups in total. The van der Waals surface area contributed by atoms with Crippen LogP contribution in [0.2, 0.25) is 0 Å². The van der Waals surface area contributed by atoms with Crippen molar-refractivity contribution in [1.29, 1.82) is 0 Å². The van der Waals surface area contributed by atoms with E-state index in [1.807, 2.05) is 11.0 Å². The van der Waals surface area contributed by atoms with Crippen molar-refractivity contribution in [2.75, 3.05) is 13.1 Å². The standard InChI is InChI=1S/C25H29F2N3O2.ClH/c1-15-4-3-5-17(16(15)2)14-30(19-7-8-19)25(32)21-13-28-11-10-23(21)29-24(31)20-9-6-18(26)12-22(20)27;/h3-6,9,12,19,21,23,28H,7-8,10-11,13-14H2,1-2H3,(H,29,31);1H. The lowest BCUT2D eigenvalue weighted by molar-refractivity contribution is -0.138. The summed E-state index contributed by atoms with van der Waals surface area (Å²) in [6.45, 7) is 5.78. The van der Waals surface area contributed by atoms with Gasteiger partial charge in [0, 0.05) is 31.2 Å². The molecule has 2 amide bonds. The van der Waals surface area contributed by atoms with E-state index >= 15 is 0 Å². The van der Waals surface area contributed by atoms with E-state index in [-0.39, 0.29) is 29.9 Å². The van der Waals surface area contributed by atoms with Gasteiger partial charge in [-0.3, -0.25) is 9.59 Å². The lowest BCUT2D eigenvalue weighted by Crippen LogP contribution is -2.55. The number of aryl methyl sites for hydroxylation is 1. The number of halogens is 3. The van der Waals surface area contributed by atoms with Crippen LogP contribution in [0.4, 0.5) is 8.78 Å². The maximum atomic E-state index is 14.1. The molecule has 0 aromatic heterocycles. The zero-order chi connectivity index (χ0) is 22.8. The Hall–Kier alpha value is -2.51. The second-order valence-electron chi connectivity index (χ2n) is 8.86. The quantitative estimate of drug-likeness (QED) is 0.663. The zero-order valence-electron chi connectivity index (χ0n) is 18.9. The minimum Gasteiger partial charge on any atom is -0.348 e. The van der Waals surface area contributed by atoms with Crippen LogP contribution in [0.3, 0.4) is 0 Å². The maximum absolute atomic E-state index is 14.1. The molecule has 4 rings (SSSR count). The molecule has 2 atom stereocenters. The highest BCUT2D eigenvalue weighted by Gasteiger charge is 2.40. The Labute approximate surface area is 199 Å². The molecule has 33 heavy (non-hydrogen) atoms. The second kappa shape index (κ2) is 10.6. The van der Waals surface area contributed by atoms with Gasteiger partial charge in [0.05, 0.1) is 11.5 Å². The fourth-order valence-electron chi connectivity index (χ4n) is 4.36. The monoisotopic (exact) mass is 477 g/mol. The first-order chi connectivity index (χ1) is 15.3. The van der Waals surface area contributed by atoms with Gasteiger partial charge in [-0.2, -0.15) is 0 Å². The summed E-state index contributed by atoms with van der Waals surface area (Å²) in [5.41, 5.74) is 3.29. The number of hydrogen-bond donors (Lipinski definition) is 2. The van der Waals surface area contributed by atoms with E-state index in [0.717, 1.165) is 30.5 Å². The molecule has 8 heteroatoms. The number of nitrogens with zero attached hydrogens (tertiary/aromatic N) is 1. The van der Waals surface area contributed by atoms with Crippen LogP contribution in [-0.2, 0) is 11.3 Å². The van der Waals surface area contributed by atoms with Gasteiger partial charge in [-0.1, -0.05) is 18.2 Å². The molecule has 178 valence electrons. The van der Waals surface area contributed by atoms with Crippen molar-refractivity contribution in [2.24, 2.45) is 5.92 Å². The topological polar surface area (TPSA) is 61.4 Å². The Kier molecular flexibility index (Phi) is 8.08. The van der Waals surface area contributed by atoms with Crippen LogP contribution in [0.1, 0.15) is 46.3 Å². The van der Waals surface area contributed by atoms with Crippen molar-refractivity contribution >= 4 is 24.2 Å². The van der Waals surface area contributed by atoms with Gasteiger partial charge in [-0.25, -0.2) is 8.78 Å². The van der Waals surface area contributed by atoms with Gasteiger partial charge in [-0.05, 0) is 68.5 Å². The van der Waals surface area contributed by atoms with Crippen LogP contribution in [0, 0.1) is 31.4 Å². The molecule has 2 aromatic rings. The van der Waals surface area contributed by atoms with E-state index in [9.17, 15) is 18.4 Å². The summed E-state index contributed by atoms with van der Waals surface area (Å²) in [5.74, 6) is -2.71. The molecule has 1 aliphatic heterocycles. The highest BCUT2D eigenvalue weighted by Crippen LogP contribution is 2.32. The molecular weight excluding hydrogens is 448 g/mol. The number of benzene rings is 2. The van der Waals surface area contributed by atoms with Gasteiger partial charge < -0.3 is 15.5 Å². The van der Waals surface area contributed by atoms with Gasteiger partial charge in [0.15, 0.2) is 0 Å². The third-order valence-electron chi connectivity index (χ3n) is 6.62. The van der Waals surface area contributed by atoms with Gasteiger partial charge in [0.1, 0.15) is 11.6 Å². The third-order valence-corrected chi connectivity index (χ3v) is 6.62. The van der Waals surface area contributed by atoms with Gasteiger partial charge >= 0.3 is 0 Å². The molecule has 2 aliphatic rings. The first kappa shape index (κ1) is 25.1. The lowest BCUT2D eigenvalue weighted by Gasteiger charge is -2.36. The summed E-state index contributed by atoms with van der Waals surface area (Å²) >= 11 is 0. The largest absolute Gasteiger partial charge is 0.348 e. The van der Waals surface area contributed by atoms with Crippen molar-refractivity contribution in [1.82, 2.24) is 15.5 Å². The van der Waals surface area contributed by atoms with Gasteiger partial charge in [-0.15, -0.1) is 12.4 Å². The predicted molar refractivity (Wildman–Crippen MR) is 125 cm³/mol. The number of rotatable bonds is 6. The summed E-state index contributed by atoms with van der Waals surface area (Å²) < 4.78 is 27.3. The van der Waals surface area contributed by atoms with E-state index < -0.39 is 29.5 Å². The van der Waals surface area contributed by atoms with Crippen LogP contribution in [0.25, 0.3) is 0 Å². The predicted octanol–water partition coefficient (Wildman–Crippen LogP) is 3.90. The number of carbonyl (C=O) groups is 2. The molecule has 1 aliphatic carbocycles. The molecule has 1 saturated carbocycles. The zero-order valence-corrected chi connectivity index (χ0v) is 19.7. The Morgan fingerprint density at radius 2 is 1.88 bits per heavy atom. The number of amides is 2. The highest BCUT2D eigenvalue weighted by atomic mass is 35.5. The molecule has 2 unspecified atom stereocenters. The molecule has 0 bridgehead atoms. The number of piperidine rings is 1. The average molecular weight is 478 g/mol. The fourth-order valence-corrected chi connectivity index (χ4v) is 4.36. The number of hydrogen-bond acceptors (Lipinski definition) is 3. The molecule has 1 heterocycles. The third kappa shape index (κ3) is 5.71. The first-order valence-corrected chi connectivity index (χ1v) is 11.2. The Bertz CT molecular complexity index is 1030. The van der Waals surface area contributed by atoms with E-state index in [1.54, 1.807) is 0 Å². The Morgan fingerprint density at radius 3 is 2.58 bits per heavy atom. The highest BCUT2D eigenvalue weighted by molar-refractivity contribution is 5.95. The van der Waals surface area contributed by atoms with Crippen molar-refractivity contribution in [3.05, 3.63) is 70.3 Å². The van der Waals surface area contributed by atoms with E-state index in [4.69, 9.17) is 0 Å². The van der Waals surface area contributed by atoms with Crippen molar-refractivity contribution < 1.29 is 18.4 Å². The van der Waals surface area contributed by atoms with Crippen LogP contribution in [-0.4, -0.2) is 41.9 Å². The summed E-state index contributed by atoms with van der Waals surface area (Å²) in [7, 11) is 0. The van der Waals surface area contributed by atoms with Gasteiger partial charge in [0.25, 0.3) is 5.91 Å². The van der Waals surface area contributed by atoms with Crippen molar-refractivity contribution in [3.8, 4) is 0 Å². The van der Waals surface area contributed by atoms with E-state index in [2.05, 4.69) is 36.6 Å². The van der Waals surface area contributed by atoms with E-state index in [0.29, 0.717) is 32.1 Å². The van der Waals surface area contributed by atoms with Crippen LogP contribution >= 0.6 is 12.4 Å². The Morgan fingerprint density at radius 1 is 1.12 bits per heavy atom. The van der Waals surface area contributed by atoms with Crippen molar-refractivity contribution in [2.45, 2.75) is 51.7 Å². The number of nitrogens with one attached hydrogen (secondary N) is 2. The van der Waals surface area contributed by atoms with E-state index in [1.165, 1.54) is 11.1 Å². The molecule has 2 aromatic carbocycles. The summed E-state index contributed by atoms with van der Waals surface area (Å²) in [4.78, 5) is 28.3. The molecule has 0 radical (unpaired) electrons. The minimum atomic E-state index is -0.908. The summed E-state index contributed by atoms with van der Waals surface area (Å²) in [6.07, 6.45) is 2.52. The molecule has 1 saturated heterocycles. The second-order valence-corrected chi connectivity index (χ2v) is 8.86. The first-order valence-electron chi connectivity index (χ1n) is 11.2. The summed E-state index contributed by atoms with van der Waals surface area (Å²) in [6, 6.07) is 8.82. The minimum absolute atomic E-state index is 0. The van der Waals surface area contributed by atoms with Crippen LogP contribution in [0.5, 0.6) is 0 Å². The summed E-state index contributed by atoms with van der Waals surface area (Å²) in [5, 5.41) is 6.09. The number of carbonyl (C=O) groups excluding carboxylic acids is 2. The van der Waals surface area contributed by atoms with Crippen LogP contribution in [0.15, 0.2) is 36.4 Å². The van der Waals surface area contributed by atoms with Crippen molar-refractivity contribution in [3.63, 3.8) is 0 Å². The molecule has 0 spiro atoms. The molecule has 2 fully saturated rings. The average Bonchev–Trinajstić information content (AvgIpc) is 3.60.